The fourth-order valence-electron chi connectivity index (χ4n) is 6.31. The molecule has 1 aromatic rings. The maximum atomic E-state index is 13.4. The van der Waals surface area contributed by atoms with E-state index in [0.29, 0.717) is 24.6 Å². The number of nitrogens with zero attached hydrogens (tertiary/aromatic N) is 3. The van der Waals surface area contributed by atoms with E-state index in [1.165, 1.54) is 44.2 Å². The average molecular weight is 487 g/mol. The van der Waals surface area contributed by atoms with E-state index in [9.17, 15) is 23.9 Å². The summed E-state index contributed by atoms with van der Waals surface area (Å²) in [6.07, 6.45) is 5.58. The number of nitrogens with one attached hydrogen (secondary N) is 1. The van der Waals surface area contributed by atoms with E-state index in [4.69, 9.17) is 0 Å². The van der Waals surface area contributed by atoms with Gasteiger partial charge in [-0.05, 0) is 42.9 Å². The molecule has 2 amide bonds. The van der Waals surface area contributed by atoms with E-state index in [1.54, 1.807) is 12.1 Å². The van der Waals surface area contributed by atoms with Gasteiger partial charge in [-0.25, -0.2) is 4.39 Å². The number of piperidine rings is 1. The second-order valence-electron chi connectivity index (χ2n) is 10.5. The third kappa shape index (κ3) is 4.99. The Morgan fingerprint density at radius 1 is 1.03 bits per heavy atom. The quantitative estimate of drug-likeness (QED) is 0.606. The van der Waals surface area contributed by atoms with Gasteiger partial charge in [0.2, 0.25) is 11.8 Å². The first-order valence-corrected chi connectivity index (χ1v) is 12.9. The molecule has 1 aromatic carbocycles. The van der Waals surface area contributed by atoms with Crippen LogP contribution in [0.25, 0.3) is 0 Å². The van der Waals surface area contributed by atoms with Gasteiger partial charge in [0.05, 0.1) is 6.17 Å². The van der Waals surface area contributed by atoms with Gasteiger partial charge in [-0.3, -0.25) is 24.2 Å². The number of carbonyl (C=O) groups is 3. The van der Waals surface area contributed by atoms with Crippen LogP contribution in [0.15, 0.2) is 24.3 Å². The van der Waals surface area contributed by atoms with Crippen molar-refractivity contribution in [2.24, 2.45) is 11.8 Å². The number of fused-ring (bicyclic) bond motifs is 2. The number of amides is 2. The fraction of sp³-hybridized carbons (Fsp3) is 0.654. The molecule has 0 radical (unpaired) electrons. The zero-order valence-corrected chi connectivity index (χ0v) is 20.1. The molecule has 4 unspecified atom stereocenters. The molecule has 0 spiro atoms. The third-order valence-corrected chi connectivity index (χ3v) is 8.22. The molecule has 3 heterocycles. The molecule has 4 fully saturated rings. The van der Waals surface area contributed by atoms with Gasteiger partial charge >= 0.3 is 0 Å². The van der Waals surface area contributed by atoms with Crippen LogP contribution in [0.1, 0.15) is 44.1 Å². The number of hydrogen-bond acceptors (Lipinski definition) is 6. The van der Waals surface area contributed by atoms with E-state index in [1.807, 2.05) is 9.80 Å². The van der Waals surface area contributed by atoms with Crippen molar-refractivity contribution in [3.63, 3.8) is 0 Å². The summed E-state index contributed by atoms with van der Waals surface area (Å²) >= 11 is 0. The zero-order valence-electron chi connectivity index (χ0n) is 20.1. The van der Waals surface area contributed by atoms with Crippen molar-refractivity contribution in [2.45, 2.75) is 63.4 Å². The first-order chi connectivity index (χ1) is 16.9. The molecule has 5 rings (SSSR count). The Hall–Kier alpha value is -2.36. The summed E-state index contributed by atoms with van der Waals surface area (Å²) in [5, 5.41) is 13.6. The highest BCUT2D eigenvalue weighted by Gasteiger charge is 2.54. The van der Waals surface area contributed by atoms with E-state index < -0.39 is 29.8 Å². The number of hydrogen-bond donors (Lipinski definition) is 2. The van der Waals surface area contributed by atoms with Gasteiger partial charge < -0.3 is 15.3 Å². The second kappa shape index (κ2) is 10.3. The number of piperazine rings is 1. The molecule has 9 heteroatoms. The summed E-state index contributed by atoms with van der Waals surface area (Å²) in [6, 6.07) is 4.86. The lowest BCUT2D eigenvalue weighted by Crippen LogP contribution is -2.74. The first kappa shape index (κ1) is 24.3. The van der Waals surface area contributed by atoms with Crippen molar-refractivity contribution in [2.75, 3.05) is 32.7 Å². The number of ketones is 1. The van der Waals surface area contributed by atoms with Gasteiger partial charge in [0.15, 0.2) is 5.78 Å². The number of halogens is 1. The Bertz CT molecular complexity index is 951. The molecule has 4 aliphatic rings. The minimum absolute atomic E-state index is 0.0854. The van der Waals surface area contributed by atoms with Crippen LogP contribution in [0.3, 0.4) is 0 Å². The predicted octanol–water partition coefficient (Wildman–Crippen LogP) is 1.13. The van der Waals surface area contributed by atoms with E-state index >= 15 is 0 Å². The molecular weight excluding hydrogens is 451 g/mol. The SMILES string of the molecule is O=C(NCc1ccc(F)cc1)C1CN2CC3N(CC4CCCCC4)CCCN3C(=O)C2C(O)C1=O. The van der Waals surface area contributed by atoms with Crippen molar-refractivity contribution >= 4 is 17.6 Å². The van der Waals surface area contributed by atoms with Gasteiger partial charge in [-0.1, -0.05) is 31.4 Å². The van der Waals surface area contributed by atoms with Crippen LogP contribution in [-0.4, -0.2) is 88.4 Å². The second-order valence-corrected chi connectivity index (χ2v) is 10.5. The Morgan fingerprint density at radius 3 is 2.51 bits per heavy atom. The number of aliphatic hydroxyl groups is 1. The molecule has 2 N–H and O–H groups in total. The first-order valence-electron chi connectivity index (χ1n) is 12.9. The molecule has 35 heavy (non-hydrogen) atoms. The lowest BCUT2D eigenvalue weighted by Gasteiger charge is -2.55. The smallest absolute Gasteiger partial charge is 0.244 e. The highest BCUT2D eigenvalue weighted by Crippen LogP contribution is 2.32. The van der Waals surface area contributed by atoms with Crippen LogP contribution in [-0.2, 0) is 20.9 Å². The Morgan fingerprint density at radius 2 is 1.77 bits per heavy atom. The zero-order chi connectivity index (χ0) is 24.5. The normalized spacial score (nSPS) is 30.6. The van der Waals surface area contributed by atoms with Gasteiger partial charge in [-0.2, -0.15) is 0 Å². The molecule has 3 aliphatic heterocycles. The number of Topliss-reactive ketones (excluding diaryl/α,β-unsaturated/α-hetero) is 1. The number of carbonyl (C=O) groups excluding carboxylic acids is 3. The lowest BCUT2D eigenvalue weighted by atomic mass is 9.85. The largest absolute Gasteiger partial charge is 0.383 e. The van der Waals surface area contributed by atoms with Crippen molar-refractivity contribution in [1.29, 1.82) is 0 Å². The molecule has 0 bridgehead atoms. The van der Waals surface area contributed by atoms with Gasteiger partial charge in [0.25, 0.3) is 0 Å². The summed E-state index contributed by atoms with van der Waals surface area (Å²) < 4.78 is 13.1. The summed E-state index contributed by atoms with van der Waals surface area (Å²) in [5.74, 6) is -2.05. The highest BCUT2D eigenvalue weighted by molar-refractivity contribution is 6.07. The molecule has 1 aliphatic carbocycles. The maximum Gasteiger partial charge on any atom is 0.244 e. The Kier molecular flexibility index (Phi) is 7.18. The average Bonchev–Trinajstić information content (AvgIpc) is 2.87. The molecule has 3 saturated heterocycles. The highest BCUT2D eigenvalue weighted by atomic mass is 19.1. The van der Waals surface area contributed by atoms with Crippen molar-refractivity contribution in [3.05, 3.63) is 35.6 Å². The number of rotatable bonds is 5. The summed E-state index contributed by atoms with van der Waals surface area (Å²) in [4.78, 5) is 45.4. The van der Waals surface area contributed by atoms with Crippen molar-refractivity contribution in [1.82, 2.24) is 20.0 Å². The van der Waals surface area contributed by atoms with E-state index in [-0.39, 0.29) is 31.0 Å². The van der Waals surface area contributed by atoms with Crippen molar-refractivity contribution < 1.29 is 23.9 Å². The van der Waals surface area contributed by atoms with Crippen LogP contribution in [0.4, 0.5) is 4.39 Å². The topological polar surface area (TPSA) is 93.2 Å². The molecule has 4 atom stereocenters. The van der Waals surface area contributed by atoms with Crippen LogP contribution >= 0.6 is 0 Å². The molecular formula is C26H35FN4O4. The van der Waals surface area contributed by atoms with Gasteiger partial charge in [-0.15, -0.1) is 0 Å². The van der Waals surface area contributed by atoms with Crippen LogP contribution in [0.5, 0.6) is 0 Å². The molecule has 8 nitrogen and oxygen atoms in total. The molecule has 0 aromatic heterocycles. The fourth-order valence-corrected chi connectivity index (χ4v) is 6.31. The van der Waals surface area contributed by atoms with Crippen molar-refractivity contribution in [3.8, 4) is 0 Å². The van der Waals surface area contributed by atoms with Crippen LogP contribution < -0.4 is 5.32 Å². The summed E-state index contributed by atoms with van der Waals surface area (Å²) in [5.41, 5.74) is 0.714. The van der Waals surface area contributed by atoms with E-state index in [0.717, 1.165) is 19.5 Å². The van der Waals surface area contributed by atoms with Crippen LogP contribution in [0.2, 0.25) is 0 Å². The van der Waals surface area contributed by atoms with E-state index in [2.05, 4.69) is 10.2 Å². The number of benzene rings is 1. The summed E-state index contributed by atoms with van der Waals surface area (Å²) in [6.45, 7) is 3.34. The predicted molar refractivity (Wildman–Crippen MR) is 126 cm³/mol. The minimum atomic E-state index is -1.52. The number of aliphatic hydroxyl groups excluding tert-OH is 1. The molecule has 1 saturated carbocycles. The van der Waals surface area contributed by atoms with Gasteiger partial charge in [0, 0.05) is 39.3 Å². The standard InChI is InChI=1S/C26H35FN4O4/c27-19-9-7-17(8-10-19)13-28-25(34)20-15-30-16-21-29(14-18-5-2-1-3-6-18)11-4-12-31(21)26(35)22(30)24(33)23(20)32/h7-10,18,20-22,24,33H,1-6,11-16H2,(H,28,34). The maximum absolute atomic E-state index is 13.4. The Balaban J connectivity index is 1.27. The Labute approximate surface area is 205 Å². The van der Waals surface area contributed by atoms with Crippen LogP contribution in [0, 0.1) is 17.7 Å². The lowest BCUT2D eigenvalue weighted by molar-refractivity contribution is -0.177. The summed E-state index contributed by atoms with van der Waals surface area (Å²) in [7, 11) is 0. The molecule has 190 valence electrons. The minimum Gasteiger partial charge on any atom is -0.383 e. The van der Waals surface area contributed by atoms with Gasteiger partial charge in [0.1, 0.15) is 23.9 Å². The monoisotopic (exact) mass is 486 g/mol. The third-order valence-electron chi connectivity index (χ3n) is 8.22.